The number of hydrogen-bond donors (Lipinski definition) is 5. The number of nitrogens with two attached hydrogens (primary N) is 1. The van der Waals surface area contributed by atoms with E-state index in [-0.39, 0.29) is 35.4 Å². The van der Waals surface area contributed by atoms with Gasteiger partial charge in [-0.2, -0.15) is 0 Å². The van der Waals surface area contributed by atoms with Crippen LogP contribution in [0.5, 0.6) is 0 Å². The Kier molecular flexibility index (Phi) is 15.5. The zero-order valence-electron chi connectivity index (χ0n) is 43.1. The molecule has 0 amide bonds. The Bertz CT molecular complexity index is 2550. The van der Waals surface area contributed by atoms with Crippen LogP contribution in [0, 0.1) is 69.0 Å². The predicted octanol–water partition coefficient (Wildman–Crippen LogP) is 12.2. The van der Waals surface area contributed by atoms with E-state index < -0.39 is 7.92 Å². The summed E-state index contributed by atoms with van der Waals surface area (Å²) in [6.45, 7) is 20.2. The molecule has 0 saturated heterocycles. The molecule has 12 atom stereocenters. The van der Waals surface area contributed by atoms with Crippen LogP contribution in [0.3, 0.4) is 0 Å². The number of rotatable bonds is 10. The zero-order valence-corrected chi connectivity index (χ0v) is 44.0. The number of aromatic amines is 2. The van der Waals surface area contributed by atoms with Gasteiger partial charge >= 0.3 is 0 Å². The van der Waals surface area contributed by atoms with Crippen molar-refractivity contribution in [3.8, 4) is 0 Å². The molecule has 0 unspecified atom stereocenters. The first-order chi connectivity index (χ1) is 34.3. The highest BCUT2D eigenvalue weighted by Gasteiger charge is 2.58. The molecule has 71 heavy (non-hydrogen) atoms. The lowest BCUT2D eigenvalue weighted by atomic mass is 9.49. The first kappa shape index (κ1) is 51.2. The van der Waals surface area contributed by atoms with E-state index in [4.69, 9.17) is 11.3 Å². The summed E-state index contributed by atoms with van der Waals surface area (Å²) in [5, 5.41) is 28.7. The first-order valence-corrected chi connectivity index (χ1v) is 28.2. The van der Waals surface area contributed by atoms with Crippen LogP contribution < -0.4 is 21.6 Å². The number of azide groups is 1. The molecule has 0 aliphatic heterocycles. The van der Waals surface area contributed by atoms with Crippen molar-refractivity contribution in [3.05, 3.63) is 173 Å². The molecule has 0 bridgehead atoms. The quantitative estimate of drug-likeness (QED) is 0.0312. The fraction of sp³-hybridized carbons (Fsp3) is 0.516. The van der Waals surface area contributed by atoms with Gasteiger partial charge in [0.1, 0.15) is 0 Å². The molecule has 5 aromatic rings. The van der Waals surface area contributed by atoms with Crippen molar-refractivity contribution in [2.75, 3.05) is 26.3 Å². The average molecular weight is 973 g/mol. The summed E-state index contributed by atoms with van der Waals surface area (Å²) in [6.07, 6.45) is 17.5. The van der Waals surface area contributed by atoms with E-state index in [9.17, 15) is 10.2 Å². The molecule has 2 heterocycles. The Morgan fingerprint density at radius 3 is 1.42 bits per heavy atom. The van der Waals surface area contributed by atoms with Crippen molar-refractivity contribution in [2.45, 2.75) is 105 Å². The van der Waals surface area contributed by atoms with E-state index in [0.717, 1.165) is 51.5 Å². The summed E-state index contributed by atoms with van der Waals surface area (Å²) < 4.78 is 0. The van der Waals surface area contributed by atoms with Crippen LogP contribution in [0.1, 0.15) is 102 Å². The molecule has 11 rings (SSSR count). The van der Waals surface area contributed by atoms with E-state index in [2.05, 4.69) is 170 Å². The summed E-state index contributed by atoms with van der Waals surface area (Å²) in [5.74, 6) is 3.78. The van der Waals surface area contributed by atoms with E-state index in [1.165, 1.54) is 81.7 Å². The number of fused-ring (bicyclic) bond motifs is 4. The molecule has 0 radical (unpaired) electrons. The monoisotopic (exact) mass is 973 g/mol. The number of allylic oxidation sites excluding steroid dienone is 2. The minimum Gasteiger partial charge on any atom is -0.396 e. The van der Waals surface area contributed by atoms with Crippen molar-refractivity contribution in [2.24, 2.45) is 79.9 Å². The van der Waals surface area contributed by atoms with Crippen LogP contribution >= 0.6 is 7.92 Å². The second-order valence-electron chi connectivity index (χ2n) is 23.4. The lowest BCUT2D eigenvalue weighted by Gasteiger charge is -2.55. The van der Waals surface area contributed by atoms with Gasteiger partial charge < -0.3 is 25.9 Å². The highest BCUT2D eigenvalue weighted by Crippen LogP contribution is 2.64. The van der Waals surface area contributed by atoms with E-state index >= 15 is 0 Å². The number of hydrogen-bond acceptors (Lipinski definition) is 4. The van der Waals surface area contributed by atoms with Crippen molar-refractivity contribution in [1.29, 1.82) is 0 Å². The molecule has 4 fully saturated rings. The first-order valence-electron chi connectivity index (χ1n) is 26.9. The molecule has 8 nitrogen and oxygen atoms in total. The highest BCUT2D eigenvalue weighted by molar-refractivity contribution is 7.79. The Labute approximate surface area is 425 Å². The van der Waals surface area contributed by atoms with Gasteiger partial charge in [0, 0.05) is 48.5 Å². The fourth-order valence-corrected chi connectivity index (χ4v) is 18.3. The van der Waals surface area contributed by atoms with Crippen LogP contribution in [0.2, 0.25) is 0 Å². The summed E-state index contributed by atoms with van der Waals surface area (Å²) >= 11 is 0. The van der Waals surface area contributed by atoms with Gasteiger partial charge in [-0.3, -0.25) is 0 Å². The molecule has 3 aromatic carbocycles. The zero-order chi connectivity index (χ0) is 50.0. The summed E-state index contributed by atoms with van der Waals surface area (Å²) in [7, 11) is -0.446. The van der Waals surface area contributed by atoms with Crippen LogP contribution in [-0.4, -0.2) is 46.5 Å². The van der Waals surface area contributed by atoms with Crippen LogP contribution in [-0.2, 0) is 25.7 Å². The van der Waals surface area contributed by atoms with Gasteiger partial charge in [0.15, 0.2) is 0 Å². The SMILES string of the molecule is C=C1CC[C@H]2[C@H](CN)[C@@H]([C@@]3(C)Cc4cc[nH]c4C[C@@H]3CO)CC[C@]12C.C=C1CC[C@H]2[C@H](CN=[N+]=[N-])[C@@H]([C@@]3(C)Cc4cc[nH]c4C[C@@H]3CO)CC[C@]12C.c1ccc(P(c2ccccc2)c2ccccc2)cc1. The van der Waals surface area contributed by atoms with E-state index in [1.807, 2.05) is 6.20 Å². The number of nitrogens with zero attached hydrogens (tertiary/aromatic N) is 3. The summed E-state index contributed by atoms with van der Waals surface area (Å²) in [5.41, 5.74) is 24.3. The van der Waals surface area contributed by atoms with Crippen molar-refractivity contribution in [1.82, 2.24) is 9.97 Å². The third-order valence-corrected chi connectivity index (χ3v) is 22.8. The molecule has 6 aliphatic rings. The number of nitrogens with one attached hydrogen (secondary N) is 2. The second-order valence-corrected chi connectivity index (χ2v) is 25.7. The molecular formula is C62H81N6O2P. The van der Waals surface area contributed by atoms with Gasteiger partial charge in [0.2, 0.25) is 0 Å². The van der Waals surface area contributed by atoms with Crippen LogP contribution in [0.25, 0.3) is 10.4 Å². The normalized spacial score (nSPS) is 33.8. The Morgan fingerprint density at radius 2 is 1.03 bits per heavy atom. The summed E-state index contributed by atoms with van der Waals surface area (Å²) in [4.78, 5) is 9.86. The molecule has 6 N–H and O–H groups in total. The molecule has 6 aliphatic carbocycles. The maximum absolute atomic E-state index is 10.3. The van der Waals surface area contributed by atoms with Crippen molar-refractivity contribution >= 4 is 23.8 Å². The van der Waals surface area contributed by atoms with Gasteiger partial charge in [-0.15, -0.1) is 0 Å². The van der Waals surface area contributed by atoms with Gasteiger partial charge in [-0.05, 0) is 205 Å². The number of aliphatic hydroxyl groups is 2. The molecule has 9 heteroatoms. The molecular weight excluding hydrogens is 892 g/mol. The van der Waals surface area contributed by atoms with E-state index in [1.54, 1.807) is 0 Å². The lowest BCUT2D eigenvalue weighted by Crippen LogP contribution is -2.53. The van der Waals surface area contributed by atoms with Gasteiger partial charge in [-0.25, -0.2) is 0 Å². The summed E-state index contributed by atoms with van der Waals surface area (Å²) in [6, 6.07) is 36.8. The fourth-order valence-electron chi connectivity index (χ4n) is 16.0. The minimum absolute atomic E-state index is 0.0326. The van der Waals surface area contributed by atoms with Crippen LogP contribution in [0.15, 0.2) is 145 Å². The maximum atomic E-state index is 10.3. The molecule has 376 valence electrons. The Morgan fingerprint density at radius 1 is 0.620 bits per heavy atom. The number of H-pyrrole nitrogens is 2. The maximum Gasteiger partial charge on any atom is 0.0468 e. The topological polar surface area (TPSA) is 147 Å². The highest BCUT2D eigenvalue weighted by atomic mass is 31.1. The Balaban J connectivity index is 0.000000134. The molecule has 0 spiro atoms. The lowest BCUT2D eigenvalue weighted by molar-refractivity contribution is -0.0536. The Hall–Kier alpha value is -4.68. The minimum atomic E-state index is -0.446. The third-order valence-electron chi connectivity index (χ3n) is 20.4. The molecule has 4 saturated carbocycles. The van der Waals surface area contributed by atoms with Gasteiger partial charge in [0.25, 0.3) is 0 Å². The third kappa shape index (κ3) is 9.58. The van der Waals surface area contributed by atoms with Crippen molar-refractivity contribution < 1.29 is 10.2 Å². The van der Waals surface area contributed by atoms with Gasteiger partial charge in [0.05, 0.1) is 0 Å². The van der Waals surface area contributed by atoms with E-state index in [0.29, 0.717) is 53.4 Å². The average Bonchev–Trinajstić information content (AvgIpc) is 4.19. The number of aromatic nitrogens is 2. The standard InChI is InChI=1S/C22H32N4O.C22H34N2O.C18H15P/c1-14-4-5-18-17(12-25-26-23)19(6-8-21(14,18)2)22(3)11-15-7-9-24-20(15)10-16(22)13-27;1-14-4-5-18-17(12-23)19(6-8-21(14,18)2)22(3)11-15-7-9-24-20(15)10-16(22)13-25;1-4-10-16(11-5-1)19(17-12-6-2-7-13-17)18-14-8-3-9-15-18/h7,9,16-19,24,27H,1,4-6,8,10-13H2,2-3H3;7,9,16-19,24-25H,1,4-6,8,10-13,23H2,2-3H3;1-15H/t2*16-,17+,18+,19+,21-,22+;/m11./s1. The number of benzene rings is 3. The largest absolute Gasteiger partial charge is 0.396 e. The van der Waals surface area contributed by atoms with Crippen molar-refractivity contribution in [3.63, 3.8) is 0 Å². The van der Waals surface area contributed by atoms with Crippen LogP contribution in [0.4, 0.5) is 0 Å². The number of aliphatic hydroxyl groups excluding tert-OH is 2. The second kappa shape index (κ2) is 21.4. The smallest absolute Gasteiger partial charge is 0.0468 e. The molecule has 2 aromatic heterocycles. The predicted molar refractivity (Wildman–Crippen MR) is 294 cm³/mol. The van der Waals surface area contributed by atoms with Gasteiger partial charge in [-0.1, -0.05) is 148 Å².